The van der Waals surface area contributed by atoms with E-state index in [1.165, 1.54) is 0 Å². The molecule has 0 spiro atoms. The number of likely N-dealkylation sites (tertiary alicyclic amines) is 1. The third-order valence-electron chi connectivity index (χ3n) is 4.98. The lowest BCUT2D eigenvalue weighted by atomic mass is 9.87. The minimum Gasteiger partial charge on any atom is -0.494 e. The molecule has 1 saturated heterocycles. The molecule has 1 atom stereocenters. The largest absolute Gasteiger partial charge is 0.494 e. The van der Waals surface area contributed by atoms with Crippen molar-refractivity contribution < 1.29 is 19.4 Å². The van der Waals surface area contributed by atoms with E-state index in [-0.39, 0.29) is 18.6 Å². The number of hydrogen-bond acceptors (Lipinski definition) is 4. The molecule has 5 nitrogen and oxygen atoms in total. The lowest BCUT2D eigenvalue weighted by Crippen LogP contribution is -2.40. The molecular formula is C22H27NO4. The molecule has 2 aromatic rings. The molecule has 0 radical (unpaired) electrons. The van der Waals surface area contributed by atoms with E-state index in [9.17, 15) is 9.90 Å². The average molecular weight is 369 g/mol. The number of aliphatic hydroxyl groups is 1. The standard InChI is InChI=1S/C22H27NO4/c1-2-26-20-10-8-18(9-11-20)21(24)19-12-14-23(15-13-19)22(25)27-16-17-6-4-3-5-7-17/h3-11,19,21,24H,2,12-16H2,1H3. The highest BCUT2D eigenvalue weighted by atomic mass is 16.6. The van der Waals surface area contributed by atoms with Gasteiger partial charge in [-0.1, -0.05) is 42.5 Å². The van der Waals surface area contributed by atoms with Crippen LogP contribution < -0.4 is 4.74 Å². The van der Waals surface area contributed by atoms with Crippen molar-refractivity contribution in [3.63, 3.8) is 0 Å². The number of amides is 1. The fourth-order valence-corrected chi connectivity index (χ4v) is 3.41. The molecule has 1 N–H and O–H groups in total. The molecule has 0 bridgehead atoms. The molecule has 0 saturated carbocycles. The van der Waals surface area contributed by atoms with Gasteiger partial charge in [0.05, 0.1) is 12.7 Å². The molecule has 1 heterocycles. The zero-order chi connectivity index (χ0) is 19.1. The van der Waals surface area contributed by atoms with Gasteiger partial charge >= 0.3 is 6.09 Å². The van der Waals surface area contributed by atoms with Crippen LogP contribution in [0.1, 0.15) is 37.0 Å². The van der Waals surface area contributed by atoms with Gasteiger partial charge in [0.2, 0.25) is 0 Å². The number of hydrogen-bond donors (Lipinski definition) is 1. The summed E-state index contributed by atoms with van der Waals surface area (Å²) in [5.74, 6) is 0.950. The second kappa shape index (κ2) is 9.42. The molecule has 27 heavy (non-hydrogen) atoms. The summed E-state index contributed by atoms with van der Waals surface area (Å²) in [7, 11) is 0. The van der Waals surface area contributed by atoms with Gasteiger partial charge in [-0.15, -0.1) is 0 Å². The first-order valence-corrected chi connectivity index (χ1v) is 9.54. The fraction of sp³-hybridized carbons (Fsp3) is 0.409. The molecule has 1 unspecified atom stereocenters. The third kappa shape index (κ3) is 5.23. The number of ether oxygens (including phenoxy) is 2. The second-order valence-corrected chi connectivity index (χ2v) is 6.81. The maximum atomic E-state index is 12.2. The van der Waals surface area contributed by atoms with Crippen LogP contribution in [-0.4, -0.2) is 35.8 Å². The van der Waals surface area contributed by atoms with E-state index in [1.807, 2.05) is 61.5 Å². The summed E-state index contributed by atoms with van der Waals surface area (Å²) in [6.45, 7) is 4.06. The van der Waals surface area contributed by atoms with E-state index in [0.717, 1.165) is 29.7 Å². The maximum Gasteiger partial charge on any atom is 0.410 e. The Labute approximate surface area is 160 Å². The summed E-state index contributed by atoms with van der Waals surface area (Å²) in [5.41, 5.74) is 1.87. The Kier molecular flexibility index (Phi) is 6.71. The summed E-state index contributed by atoms with van der Waals surface area (Å²) in [5, 5.41) is 10.7. The smallest absolute Gasteiger partial charge is 0.410 e. The summed E-state index contributed by atoms with van der Waals surface area (Å²) >= 11 is 0. The van der Waals surface area contributed by atoms with Crippen LogP contribution in [0.3, 0.4) is 0 Å². The average Bonchev–Trinajstić information content (AvgIpc) is 2.73. The van der Waals surface area contributed by atoms with Crippen LogP contribution >= 0.6 is 0 Å². The Morgan fingerprint density at radius 2 is 1.78 bits per heavy atom. The molecule has 3 rings (SSSR count). The topological polar surface area (TPSA) is 59.0 Å². The van der Waals surface area contributed by atoms with Gasteiger partial charge in [0.1, 0.15) is 12.4 Å². The van der Waals surface area contributed by atoms with Crippen molar-refractivity contribution in [1.29, 1.82) is 0 Å². The lowest BCUT2D eigenvalue weighted by Gasteiger charge is -2.33. The molecule has 2 aromatic carbocycles. The number of aliphatic hydroxyl groups excluding tert-OH is 1. The van der Waals surface area contributed by atoms with Crippen molar-refractivity contribution in [2.75, 3.05) is 19.7 Å². The minimum absolute atomic E-state index is 0.140. The van der Waals surface area contributed by atoms with Crippen molar-refractivity contribution in [2.24, 2.45) is 5.92 Å². The Morgan fingerprint density at radius 3 is 2.41 bits per heavy atom. The minimum atomic E-state index is -0.525. The number of benzene rings is 2. The van der Waals surface area contributed by atoms with Gasteiger partial charge in [0.15, 0.2) is 0 Å². The first kappa shape index (κ1) is 19.2. The van der Waals surface area contributed by atoms with E-state index in [0.29, 0.717) is 19.7 Å². The quantitative estimate of drug-likeness (QED) is 0.830. The van der Waals surface area contributed by atoms with Gasteiger partial charge in [0, 0.05) is 13.1 Å². The van der Waals surface area contributed by atoms with Crippen molar-refractivity contribution in [3.05, 3.63) is 65.7 Å². The first-order chi connectivity index (χ1) is 13.2. The third-order valence-corrected chi connectivity index (χ3v) is 4.98. The van der Waals surface area contributed by atoms with Crippen molar-refractivity contribution in [3.8, 4) is 5.75 Å². The molecule has 0 aliphatic carbocycles. The normalized spacial score (nSPS) is 16.0. The van der Waals surface area contributed by atoms with Crippen LogP contribution in [0.15, 0.2) is 54.6 Å². The van der Waals surface area contributed by atoms with Crippen molar-refractivity contribution >= 4 is 6.09 Å². The highest BCUT2D eigenvalue weighted by molar-refractivity contribution is 5.67. The van der Waals surface area contributed by atoms with Crippen molar-refractivity contribution in [1.82, 2.24) is 4.90 Å². The van der Waals surface area contributed by atoms with Crippen LogP contribution in [0, 0.1) is 5.92 Å². The highest BCUT2D eigenvalue weighted by Gasteiger charge is 2.29. The van der Waals surface area contributed by atoms with E-state index in [1.54, 1.807) is 4.90 Å². The summed E-state index contributed by atoms with van der Waals surface area (Å²) in [6.07, 6.45) is 0.708. The Balaban J connectivity index is 1.46. The molecular weight excluding hydrogens is 342 g/mol. The SMILES string of the molecule is CCOc1ccc(C(O)C2CCN(C(=O)OCc3ccccc3)CC2)cc1. The van der Waals surface area contributed by atoms with Crippen LogP contribution in [0.25, 0.3) is 0 Å². The number of rotatable bonds is 6. The zero-order valence-corrected chi connectivity index (χ0v) is 15.7. The fourth-order valence-electron chi connectivity index (χ4n) is 3.41. The lowest BCUT2D eigenvalue weighted by molar-refractivity contribution is 0.0449. The monoisotopic (exact) mass is 369 g/mol. The summed E-state index contributed by atoms with van der Waals surface area (Å²) < 4.78 is 10.8. The Hall–Kier alpha value is -2.53. The number of carbonyl (C=O) groups is 1. The predicted molar refractivity (Wildman–Crippen MR) is 103 cm³/mol. The van der Waals surface area contributed by atoms with Crippen LogP contribution in [0.4, 0.5) is 4.79 Å². The molecule has 144 valence electrons. The summed E-state index contributed by atoms with van der Waals surface area (Å²) in [6, 6.07) is 17.3. The van der Waals surface area contributed by atoms with E-state index in [2.05, 4.69) is 0 Å². The molecule has 1 aliphatic rings. The number of piperidine rings is 1. The van der Waals surface area contributed by atoms with Gasteiger partial charge in [-0.3, -0.25) is 0 Å². The molecule has 0 aromatic heterocycles. The Bertz CT molecular complexity index is 709. The van der Waals surface area contributed by atoms with E-state index >= 15 is 0 Å². The zero-order valence-electron chi connectivity index (χ0n) is 15.7. The molecule has 1 fully saturated rings. The first-order valence-electron chi connectivity index (χ1n) is 9.54. The second-order valence-electron chi connectivity index (χ2n) is 6.81. The number of nitrogens with zero attached hydrogens (tertiary/aromatic N) is 1. The Morgan fingerprint density at radius 1 is 1.11 bits per heavy atom. The molecule has 1 amide bonds. The van der Waals surface area contributed by atoms with Gasteiger partial charge in [-0.25, -0.2) is 4.79 Å². The van der Waals surface area contributed by atoms with Gasteiger partial charge in [-0.05, 0) is 48.9 Å². The van der Waals surface area contributed by atoms with Gasteiger partial charge in [0.25, 0.3) is 0 Å². The van der Waals surface area contributed by atoms with Gasteiger partial charge < -0.3 is 19.5 Å². The maximum absolute atomic E-state index is 12.2. The van der Waals surface area contributed by atoms with Crippen LogP contribution in [0.5, 0.6) is 5.75 Å². The van der Waals surface area contributed by atoms with E-state index < -0.39 is 6.10 Å². The highest BCUT2D eigenvalue weighted by Crippen LogP contribution is 2.31. The van der Waals surface area contributed by atoms with E-state index in [4.69, 9.17) is 9.47 Å². The number of carbonyl (C=O) groups excluding carboxylic acids is 1. The van der Waals surface area contributed by atoms with Gasteiger partial charge in [-0.2, -0.15) is 0 Å². The predicted octanol–water partition coefficient (Wildman–Crippen LogP) is 4.17. The van der Waals surface area contributed by atoms with Crippen molar-refractivity contribution in [2.45, 2.75) is 32.5 Å². The van der Waals surface area contributed by atoms with Crippen LogP contribution in [-0.2, 0) is 11.3 Å². The summed E-state index contributed by atoms with van der Waals surface area (Å²) in [4.78, 5) is 14.0. The van der Waals surface area contributed by atoms with Crippen LogP contribution in [0.2, 0.25) is 0 Å². The molecule has 1 aliphatic heterocycles. The molecule has 5 heteroatoms.